The third-order valence-corrected chi connectivity index (χ3v) is 2.91. The lowest BCUT2D eigenvalue weighted by atomic mass is 9.82. The van der Waals surface area contributed by atoms with Gasteiger partial charge in [0.05, 0.1) is 7.11 Å². The Morgan fingerprint density at radius 1 is 1.46 bits per heavy atom. The van der Waals surface area contributed by atoms with Gasteiger partial charge in [-0.25, -0.2) is 0 Å². The van der Waals surface area contributed by atoms with Crippen molar-refractivity contribution in [2.75, 3.05) is 7.11 Å². The summed E-state index contributed by atoms with van der Waals surface area (Å²) in [5.41, 5.74) is 5.95. The van der Waals surface area contributed by atoms with Gasteiger partial charge in [-0.05, 0) is 25.2 Å². The van der Waals surface area contributed by atoms with Crippen molar-refractivity contribution in [2.24, 2.45) is 11.7 Å². The third-order valence-electron chi connectivity index (χ3n) is 2.91. The van der Waals surface area contributed by atoms with Crippen LogP contribution in [0.15, 0.2) is 0 Å². The van der Waals surface area contributed by atoms with Gasteiger partial charge >= 0.3 is 5.97 Å². The summed E-state index contributed by atoms with van der Waals surface area (Å²) in [5, 5.41) is 0. The SMILES string of the molecule is COC(=O)CCC1CCCC[C@H]1N. The molecule has 0 saturated heterocycles. The number of carbonyl (C=O) groups excluding carboxylic acids is 1. The quantitative estimate of drug-likeness (QED) is 0.677. The fourth-order valence-corrected chi connectivity index (χ4v) is 2.00. The molecule has 0 bridgehead atoms. The minimum Gasteiger partial charge on any atom is -0.469 e. The van der Waals surface area contributed by atoms with Crippen molar-refractivity contribution >= 4 is 5.97 Å². The molecule has 0 spiro atoms. The van der Waals surface area contributed by atoms with E-state index in [2.05, 4.69) is 4.74 Å². The maximum atomic E-state index is 10.9. The van der Waals surface area contributed by atoms with Crippen molar-refractivity contribution in [3.05, 3.63) is 0 Å². The summed E-state index contributed by atoms with van der Waals surface area (Å²) < 4.78 is 4.60. The maximum absolute atomic E-state index is 10.9. The van der Waals surface area contributed by atoms with Crippen LogP contribution in [-0.4, -0.2) is 19.1 Å². The molecule has 0 aromatic heterocycles. The summed E-state index contributed by atoms with van der Waals surface area (Å²) in [6, 6.07) is 0.304. The first kappa shape index (κ1) is 10.5. The minimum absolute atomic E-state index is 0.113. The van der Waals surface area contributed by atoms with Gasteiger partial charge in [-0.3, -0.25) is 4.79 Å². The molecular formula is C10H19NO2. The number of methoxy groups -OCH3 is 1. The number of esters is 1. The van der Waals surface area contributed by atoms with Gasteiger partial charge in [0, 0.05) is 12.5 Å². The average Bonchev–Trinajstić information content (AvgIpc) is 2.16. The van der Waals surface area contributed by atoms with E-state index in [0.717, 1.165) is 12.8 Å². The number of hydrogen-bond donors (Lipinski definition) is 1. The Bertz CT molecular complexity index is 170. The molecule has 1 aliphatic carbocycles. The van der Waals surface area contributed by atoms with Gasteiger partial charge in [0.2, 0.25) is 0 Å². The number of hydrogen-bond acceptors (Lipinski definition) is 3. The summed E-state index contributed by atoms with van der Waals surface area (Å²) in [5.74, 6) is 0.422. The van der Waals surface area contributed by atoms with Crippen molar-refractivity contribution < 1.29 is 9.53 Å². The fourth-order valence-electron chi connectivity index (χ4n) is 2.00. The van der Waals surface area contributed by atoms with Crippen LogP contribution in [0.2, 0.25) is 0 Å². The van der Waals surface area contributed by atoms with Crippen LogP contribution in [-0.2, 0) is 9.53 Å². The van der Waals surface area contributed by atoms with Crippen molar-refractivity contribution in [2.45, 2.75) is 44.6 Å². The van der Waals surface area contributed by atoms with E-state index in [-0.39, 0.29) is 5.97 Å². The second-order valence-corrected chi connectivity index (χ2v) is 3.82. The fraction of sp³-hybridized carbons (Fsp3) is 0.900. The molecule has 1 saturated carbocycles. The Kier molecular flexibility index (Phi) is 4.22. The van der Waals surface area contributed by atoms with E-state index in [9.17, 15) is 4.79 Å². The molecule has 13 heavy (non-hydrogen) atoms. The summed E-state index contributed by atoms with van der Waals surface area (Å²) >= 11 is 0. The van der Waals surface area contributed by atoms with E-state index >= 15 is 0 Å². The van der Waals surface area contributed by atoms with Crippen molar-refractivity contribution in [3.63, 3.8) is 0 Å². The molecule has 76 valence electrons. The lowest BCUT2D eigenvalue weighted by Gasteiger charge is -2.28. The molecule has 0 aromatic carbocycles. The lowest BCUT2D eigenvalue weighted by Crippen LogP contribution is -2.33. The van der Waals surface area contributed by atoms with E-state index in [1.165, 1.54) is 26.4 Å². The Morgan fingerprint density at radius 3 is 2.77 bits per heavy atom. The zero-order valence-electron chi connectivity index (χ0n) is 8.29. The molecule has 1 rings (SSSR count). The van der Waals surface area contributed by atoms with Gasteiger partial charge in [0.25, 0.3) is 0 Å². The molecule has 0 amide bonds. The zero-order valence-corrected chi connectivity index (χ0v) is 8.29. The van der Waals surface area contributed by atoms with E-state index in [1.54, 1.807) is 0 Å². The number of rotatable bonds is 3. The molecule has 1 unspecified atom stereocenters. The highest BCUT2D eigenvalue weighted by atomic mass is 16.5. The van der Waals surface area contributed by atoms with E-state index in [0.29, 0.717) is 18.4 Å². The topological polar surface area (TPSA) is 52.3 Å². The lowest BCUT2D eigenvalue weighted by molar-refractivity contribution is -0.141. The summed E-state index contributed by atoms with van der Waals surface area (Å²) in [4.78, 5) is 10.9. The Morgan fingerprint density at radius 2 is 2.15 bits per heavy atom. The molecule has 0 heterocycles. The highest BCUT2D eigenvalue weighted by Gasteiger charge is 2.22. The van der Waals surface area contributed by atoms with Gasteiger partial charge in [0.1, 0.15) is 0 Å². The first-order valence-corrected chi connectivity index (χ1v) is 5.06. The van der Waals surface area contributed by atoms with Gasteiger partial charge < -0.3 is 10.5 Å². The van der Waals surface area contributed by atoms with Crippen LogP contribution in [0.25, 0.3) is 0 Å². The predicted molar refractivity (Wildman–Crippen MR) is 51.2 cm³/mol. The van der Waals surface area contributed by atoms with Crippen molar-refractivity contribution in [1.82, 2.24) is 0 Å². The molecule has 1 fully saturated rings. The smallest absolute Gasteiger partial charge is 0.305 e. The molecule has 0 radical (unpaired) electrons. The molecule has 2 atom stereocenters. The molecule has 0 aromatic rings. The Balaban J connectivity index is 2.22. The van der Waals surface area contributed by atoms with E-state index in [1.807, 2.05) is 0 Å². The third kappa shape index (κ3) is 3.35. The number of carbonyl (C=O) groups is 1. The van der Waals surface area contributed by atoms with Gasteiger partial charge in [-0.1, -0.05) is 12.8 Å². The molecule has 2 N–H and O–H groups in total. The average molecular weight is 185 g/mol. The highest BCUT2D eigenvalue weighted by molar-refractivity contribution is 5.69. The maximum Gasteiger partial charge on any atom is 0.305 e. The van der Waals surface area contributed by atoms with E-state index < -0.39 is 0 Å². The van der Waals surface area contributed by atoms with Crippen molar-refractivity contribution in [3.8, 4) is 0 Å². The molecule has 3 heteroatoms. The van der Waals surface area contributed by atoms with Crippen LogP contribution in [0.1, 0.15) is 38.5 Å². The van der Waals surface area contributed by atoms with Crippen LogP contribution < -0.4 is 5.73 Å². The van der Waals surface area contributed by atoms with Crippen LogP contribution in [0.4, 0.5) is 0 Å². The Labute approximate surface area is 79.6 Å². The molecule has 1 aliphatic rings. The van der Waals surface area contributed by atoms with Gasteiger partial charge in [-0.15, -0.1) is 0 Å². The predicted octanol–water partition coefficient (Wildman–Crippen LogP) is 1.46. The normalized spacial score (nSPS) is 28.5. The highest BCUT2D eigenvalue weighted by Crippen LogP contribution is 2.26. The van der Waals surface area contributed by atoms with Crippen LogP contribution in [0.5, 0.6) is 0 Å². The summed E-state index contributed by atoms with van der Waals surface area (Å²) in [6.07, 6.45) is 6.22. The van der Waals surface area contributed by atoms with Gasteiger partial charge in [0.15, 0.2) is 0 Å². The van der Waals surface area contributed by atoms with Crippen molar-refractivity contribution in [1.29, 1.82) is 0 Å². The number of nitrogens with two attached hydrogens (primary N) is 1. The van der Waals surface area contributed by atoms with Crippen LogP contribution in [0.3, 0.4) is 0 Å². The van der Waals surface area contributed by atoms with E-state index in [4.69, 9.17) is 5.73 Å². The molecule has 0 aliphatic heterocycles. The second-order valence-electron chi connectivity index (χ2n) is 3.82. The molecule has 3 nitrogen and oxygen atoms in total. The van der Waals surface area contributed by atoms with Crippen LogP contribution >= 0.6 is 0 Å². The standard InChI is InChI=1S/C10H19NO2/c1-13-10(12)7-6-8-4-2-3-5-9(8)11/h8-9H,2-7,11H2,1H3/t8?,9-/m1/s1. The largest absolute Gasteiger partial charge is 0.469 e. The monoisotopic (exact) mass is 185 g/mol. The molecular weight excluding hydrogens is 166 g/mol. The summed E-state index contributed by atoms with van der Waals surface area (Å²) in [6.45, 7) is 0. The Hall–Kier alpha value is -0.570. The first-order valence-electron chi connectivity index (χ1n) is 5.06. The first-order chi connectivity index (χ1) is 6.24. The summed E-state index contributed by atoms with van der Waals surface area (Å²) in [7, 11) is 1.43. The van der Waals surface area contributed by atoms with Crippen LogP contribution in [0, 0.1) is 5.92 Å². The van der Waals surface area contributed by atoms with Gasteiger partial charge in [-0.2, -0.15) is 0 Å². The zero-order chi connectivity index (χ0) is 9.68. The minimum atomic E-state index is -0.113. The second kappa shape index (κ2) is 5.22. The number of ether oxygens (including phenoxy) is 1.